The number of nitrogen functional groups attached to an aromatic ring is 1. The van der Waals surface area contributed by atoms with Crippen LogP contribution in [0.5, 0.6) is 0 Å². The lowest BCUT2D eigenvalue weighted by Gasteiger charge is -2.28. The minimum Gasteiger partial charge on any atom is -0.367 e. The summed E-state index contributed by atoms with van der Waals surface area (Å²) in [5.74, 6) is 7.91. The number of aryl methyl sites for hydroxylation is 1. The monoisotopic (exact) mass is 221 g/mol. The van der Waals surface area contributed by atoms with Crippen LogP contribution in [0.1, 0.15) is 37.6 Å². The van der Waals surface area contributed by atoms with Crippen LogP contribution >= 0.6 is 0 Å². The van der Waals surface area contributed by atoms with E-state index in [1.807, 2.05) is 13.8 Å². The number of aromatic nitrogens is 2. The van der Waals surface area contributed by atoms with Crippen LogP contribution in [0.25, 0.3) is 0 Å². The Kier molecular flexibility index (Phi) is 3.24. The molecule has 1 aliphatic rings. The van der Waals surface area contributed by atoms with Crippen molar-refractivity contribution in [3.63, 3.8) is 0 Å². The van der Waals surface area contributed by atoms with Crippen LogP contribution in [0.2, 0.25) is 0 Å². The van der Waals surface area contributed by atoms with E-state index in [4.69, 9.17) is 5.84 Å². The summed E-state index contributed by atoms with van der Waals surface area (Å²) in [5.41, 5.74) is 3.62. The lowest BCUT2D eigenvalue weighted by atomic mass is 9.93. The molecule has 0 spiro atoms. The maximum atomic E-state index is 5.45. The van der Waals surface area contributed by atoms with Gasteiger partial charge in [-0.2, -0.15) is 0 Å². The van der Waals surface area contributed by atoms with Gasteiger partial charge in [0.05, 0.1) is 0 Å². The zero-order chi connectivity index (χ0) is 11.5. The van der Waals surface area contributed by atoms with E-state index in [9.17, 15) is 0 Å². The fourth-order valence-electron chi connectivity index (χ4n) is 1.75. The van der Waals surface area contributed by atoms with E-state index in [1.54, 1.807) is 0 Å². The van der Waals surface area contributed by atoms with Gasteiger partial charge in [0.15, 0.2) is 0 Å². The SMILES string of the molecule is CCc1nc(NN)c(C)c(NC2CCC2)n1. The van der Waals surface area contributed by atoms with E-state index in [0.29, 0.717) is 11.9 Å². The molecule has 1 aliphatic carbocycles. The highest BCUT2D eigenvalue weighted by Gasteiger charge is 2.19. The molecule has 1 aromatic rings. The molecule has 0 unspecified atom stereocenters. The Labute approximate surface area is 95.8 Å². The van der Waals surface area contributed by atoms with Crippen LogP contribution < -0.4 is 16.6 Å². The minimum absolute atomic E-state index is 0.573. The van der Waals surface area contributed by atoms with Crippen molar-refractivity contribution in [3.8, 4) is 0 Å². The van der Waals surface area contributed by atoms with Gasteiger partial charge in [-0.25, -0.2) is 15.8 Å². The van der Waals surface area contributed by atoms with Gasteiger partial charge in [-0.1, -0.05) is 6.92 Å². The van der Waals surface area contributed by atoms with Crippen LogP contribution in [0, 0.1) is 6.92 Å². The standard InChI is InChI=1S/C11H19N5/c1-3-9-14-10(13-8-5-4-6-8)7(2)11(15-9)16-12/h8H,3-6,12H2,1-2H3,(H2,13,14,15,16). The average Bonchev–Trinajstić information content (AvgIpc) is 2.25. The third-order valence-electron chi connectivity index (χ3n) is 3.09. The Hall–Kier alpha value is -1.36. The molecule has 1 aromatic heterocycles. The Morgan fingerprint density at radius 1 is 1.31 bits per heavy atom. The molecule has 1 heterocycles. The molecular formula is C11H19N5. The number of nitrogens with zero attached hydrogens (tertiary/aromatic N) is 2. The number of rotatable bonds is 4. The molecule has 2 rings (SSSR count). The summed E-state index contributed by atoms with van der Waals surface area (Å²) in [5, 5.41) is 3.45. The zero-order valence-electron chi connectivity index (χ0n) is 9.88. The summed E-state index contributed by atoms with van der Waals surface area (Å²) in [6.45, 7) is 4.02. The molecule has 0 radical (unpaired) electrons. The van der Waals surface area contributed by atoms with Gasteiger partial charge in [-0.05, 0) is 26.2 Å². The smallest absolute Gasteiger partial charge is 0.148 e. The first-order valence-corrected chi connectivity index (χ1v) is 5.85. The second kappa shape index (κ2) is 4.65. The summed E-state index contributed by atoms with van der Waals surface area (Å²) in [6.07, 6.45) is 4.59. The first-order chi connectivity index (χ1) is 7.74. The summed E-state index contributed by atoms with van der Waals surface area (Å²) in [4.78, 5) is 8.84. The zero-order valence-corrected chi connectivity index (χ0v) is 9.88. The van der Waals surface area contributed by atoms with Crippen molar-refractivity contribution >= 4 is 11.6 Å². The molecule has 0 saturated heterocycles. The summed E-state index contributed by atoms with van der Waals surface area (Å²) >= 11 is 0. The average molecular weight is 221 g/mol. The molecule has 1 saturated carbocycles. The predicted molar refractivity (Wildman–Crippen MR) is 65.2 cm³/mol. The van der Waals surface area contributed by atoms with Gasteiger partial charge in [0.2, 0.25) is 0 Å². The molecule has 5 nitrogen and oxygen atoms in total. The second-order valence-electron chi connectivity index (χ2n) is 4.23. The Balaban J connectivity index is 2.25. The van der Waals surface area contributed by atoms with Gasteiger partial charge < -0.3 is 10.7 Å². The Morgan fingerprint density at radius 2 is 2.00 bits per heavy atom. The number of hydrazine groups is 1. The van der Waals surface area contributed by atoms with Crippen molar-refractivity contribution in [2.24, 2.45) is 5.84 Å². The van der Waals surface area contributed by atoms with Crippen LogP contribution in [-0.2, 0) is 6.42 Å². The molecule has 16 heavy (non-hydrogen) atoms. The summed E-state index contributed by atoms with van der Waals surface area (Å²) < 4.78 is 0. The lowest BCUT2D eigenvalue weighted by Crippen LogP contribution is -2.28. The lowest BCUT2D eigenvalue weighted by molar-refractivity contribution is 0.444. The van der Waals surface area contributed by atoms with E-state index in [1.165, 1.54) is 19.3 Å². The second-order valence-corrected chi connectivity index (χ2v) is 4.23. The van der Waals surface area contributed by atoms with Gasteiger partial charge in [0, 0.05) is 18.0 Å². The molecule has 0 bridgehead atoms. The first-order valence-electron chi connectivity index (χ1n) is 5.85. The van der Waals surface area contributed by atoms with Crippen molar-refractivity contribution in [2.75, 3.05) is 10.7 Å². The van der Waals surface area contributed by atoms with E-state index >= 15 is 0 Å². The van der Waals surface area contributed by atoms with E-state index in [-0.39, 0.29) is 0 Å². The molecule has 5 heteroatoms. The maximum Gasteiger partial charge on any atom is 0.148 e. The van der Waals surface area contributed by atoms with Crippen LogP contribution in [0.3, 0.4) is 0 Å². The molecule has 1 fully saturated rings. The van der Waals surface area contributed by atoms with E-state index < -0.39 is 0 Å². The van der Waals surface area contributed by atoms with Gasteiger partial charge in [0.25, 0.3) is 0 Å². The summed E-state index contributed by atoms with van der Waals surface area (Å²) in [7, 11) is 0. The molecule has 0 aliphatic heterocycles. The van der Waals surface area contributed by atoms with Gasteiger partial charge in [-0.15, -0.1) is 0 Å². The third kappa shape index (κ3) is 2.09. The van der Waals surface area contributed by atoms with E-state index in [0.717, 1.165) is 23.6 Å². The van der Waals surface area contributed by atoms with Gasteiger partial charge in [0.1, 0.15) is 17.5 Å². The highest BCUT2D eigenvalue weighted by molar-refractivity contribution is 5.57. The van der Waals surface area contributed by atoms with E-state index in [2.05, 4.69) is 20.7 Å². The number of nitrogens with two attached hydrogens (primary N) is 1. The minimum atomic E-state index is 0.573. The highest BCUT2D eigenvalue weighted by Crippen LogP contribution is 2.26. The van der Waals surface area contributed by atoms with Crippen molar-refractivity contribution < 1.29 is 0 Å². The number of nitrogens with one attached hydrogen (secondary N) is 2. The molecule has 0 amide bonds. The number of hydrogen-bond donors (Lipinski definition) is 3. The summed E-state index contributed by atoms with van der Waals surface area (Å²) in [6, 6.07) is 0.573. The van der Waals surface area contributed by atoms with Crippen molar-refractivity contribution in [3.05, 3.63) is 11.4 Å². The maximum absolute atomic E-state index is 5.45. The van der Waals surface area contributed by atoms with Crippen molar-refractivity contribution in [1.82, 2.24) is 9.97 Å². The molecule has 4 N–H and O–H groups in total. The predicted octanol–water partition coefficient (Wildman–Crippen LogP) is 1.60. The van der Waals surface area contributed by atoms with Crippen LogP contribution in [0.4, 0.5) is 11.6 Å². The van der Waals surface area contributed by atoms with Gasteiger partial charge >= 0.3 is 0 Å². The fraction of sp³-hybridized carbons (Fsp3) is 0.636. The quantitative estimate of drug-likeness (QED) is 0.532. The Bertz CT molecular complexity index is 373. The normalized spacial score (nSPS) is 15.7. The highest BCUT2D eigenvalue weighted by atomic mass is 15.3. The Morgan fingerprint density at radius 3 is 2.50 bits per heavy atom. The third-order valence-corrected chi connectivity index (χ3v) is 3.09. The van der Waals surface area contributed by atoms with Gasteiger partial charge in [-0.3, -0.25) is 0 Å². The largest absolute Gasteiger partial charge is 0.367 e. The van der Waals surface area contributed by atoms with Crippen LogP contribution in [-0.4, -0.2) is 16.0 Å². The molecule has 0 atom stereocenters. The van der Waals surface area contributed by atoms with Crippen molar-refractivity contribution in [2.45, 2.75) is 45.6 Å². The topological polar surface area (TPSA) is 75.9 Å². The first kappa shape index (κ1) is 11.1. The molecular weight excluding hydrogens is 202 g/mol. The number of anilines is 2. The number of hydrogen-bond acceptors (Lipinski definition) is 5. The molecule has 88 valence electrons. The van der Waals surface area contributed by atoms with Crippen LogP contribution in [0.15, 0.2) is 0 Å². The molecule has 0 aromatic carbocycles. The fourth-order valence-corrected chi connectivity index (χ4v) is 1.75. The van der Waals surface area contributed by atoms with Crippen molar-refractivity contribution in [1.29, 1.82) is 0 Å².